The molecule has 0 aliphatic carbocycles. The van der Waals surface area contributed by atoms with Crippen molar-refractivity contribution in [3.8, 4) is 0 Å². The number of Topliss-reactive ketones (excluding diaryl/α,β-unsaturated/α-hetero) is 2. The monoisotopic (exact) mass is 472 g/mol. The number of hydrazone groups is 1. The van der Waals surface area contributed by atoms with E-state index < -0.39 is 0 Å². The molecule has 0 amide bonds. The molecule has 6 heteroatoms. The summed E-state index contributed by atoms with van der Waals surface area (Å²) < 4.78 is 0. The van der Waals surface area contributed by atoms with Crippen LogP contribution in [-0.4, -0.2) is 28.8 Å². The molecule has 0 bridgehead atoms. The van der Waals surface area contributed by atoms with Gasteiger partial charge >= 0.3 is 0 Å². The Balaban J connectivity index is 1.65. The minimum Gasteiger partial charge on any atom is -0.287 e. The summed E-state index contributed by atoms with van der Waals surface area (Å²) in [6.07, 6.45) is 0. The van der Waals surface area contributed by atoms with Crippen LogP contribution in [-0.2, 0) is 0 Å². The SMILES string of the molecule is C/C(=N/N=C(/C(=O)c1ccccc1)c1ccccc1)N/N=C(/C(=O)c1ccccc1)c1ccccc1. The molecule has 0 saturated heterocycles. The van der Waals surface area contributed by atoms with Crippen LogP contribution in [0.1, 0.15) is 38.8 Å². The van der Waals surface area contributed by atoms with Crippen molar-refractivity contribution in [3.05, 3.63) is 144 Å². The van der Waals surface area contributed by atoms with Crippen molar-refractivity contribution >= 4 is 28.8 Å². The van der Waals surface area contributed by atoms with Crippen LogP contribution in [0.5, 0.6) is 0 Å². The second-order valence-electron chi connectivity index (χ2n) is 7.83. The van der Waals surface area contributed by atoms with E-state index in [1.165, 1.54) is 0 Å². The highest BCUT2D eigenvalue weighted by molar-refractivity contribution is 6.52. The van der Waals surface area contributed by atoms with Gasteiger partial charge in [-0.05, 0) is 6.92 Å². The van der Waals surface area contributed by atoms with Crippen LogP contribution in [0, 0.1) is 0 Å². The molecule has 1 N–H and O–H groups in total. The lowest BCUT2D eigenvalue weighted by Gasteiger charge is -2.08. The molecule has 0 aliphatic heterocycles. The van der Waals surface area contributed by atoms with E-state index in [0.29, 0.717) is 28.1 Å². The molecular weight excluding hydrogens is 448 g/mol. The van der Waals surface area contributed by atoms with Crippen LogP contribution < -0.4 is 5.43 Å². The van der Waals surface area contributed by atoms with Crippen molar-refractivity contribution in [2.45, 2.75) is 6.92 Å². The van der Waals surface area contributed by atoms with E-state index in [0.717, 1.165) is 0 Å². The molecule has 4 rings (SSSR count). The fourth-order valence-electron chi connectivity index (χ4n) is 3.41. The lowest BCUT2D eigenvalue weighted by Crippen LogP contribution is -2.23. The van der Waals surface area contributed by atoms with Gasteiger partial charge in [0.1, 0.15) is 17.3 Å². The van der Waals surface area contributed by atoms with E-state index in [1.54, 1.807) is 55.5 Å². The third kappa shape index (κ3) is 6.12. The van der Waals surface area contributed by atoms with Crippen LogP contribution in [0.25, 0.3) is 0 Å². The first-order valence-corrected chi connectivity index (χ1v) is 11.4. The third-order valence-corrected chi connectivity index (χ3v) is 5.23. The number of carbonyl (C=O) groups excluding carboxylic acids is 2. The second kappa shape index (κ2) is 11.9. The van der Waals surface area contributed by atoms with Gasteiger partial charge in [0.25, 0.3) is 0 Å². The zero-order valence-corrected chi connectivity index (χ0v) is 19.7. The average Bonchev–Trinajstić information content (AvgIpc) is 2.95. The zero-order valence-electron chi connectivity index (χ0n) is 19.7. The Morgan fingerprint density at radius 1 is 0.500 bits per heavy atom. The molecule has 0 spiro atoms. The van der Waals surface area contributed by atoms with Crippen LogP contribution in [0.3, 0.4) is 0 Å². The molecule has 176 valence electrons. The summed E-state index contributed by atoms with van der Waals surface area (Å²) in [5.74, 6) is -0.153. The highest BCUT2D eigenvalue weighted by atomic mass is 16.1. The van der Waals surface area contributed by atoms with Crippen molar-refractivity contribution in [1.82, 2.24) is 5.43 Å². The minimum absolute atomic E-state index is 0.204. The van der Waals surface area contributed by atoms with E-state index in [4.69, 9.17) is 0 Å². The predicted molar refractivity (Wildman–Crippen MR) is 144 cm³/mol. The molecule has 36 heavy (non-hydrogen) atoms. The quantitative estimate of drug-likeness (QED) is 0.158. The smallest absolute Gasteiger partial charge is 0.213 e. The third-order valence-electron chi connectivity index (χ3n) is 5.23. The largest absolute Gasteiger partial charge is 0.287 e. The average molecular weight is 473 g/mol. The Morgan fingerprint density at radius 2 is 0.861 bits per heavy atom. The molecule has 6 nitrogen and oxygen atoms in total. The number of carbonyl (C=O) groups is 2. The lowest BCUT2D eigenvalue weighted by atomic mass is 10.0. The van der Waals surface area contributed by atoms with E-state index in [-0.39, 0.29) is 23.0 Å². The number of ketones is 2. The molecule has 4 aromatic rings. The van der Waals surface area contributed by atoms with Gasteiger partial charge in [-0.1, -0.05) is 121 Å². The first-order chi connectivity index (χ1) is 17.6. The van der Waals surface area contributed by atoms with E-state index in [9.17, 15) is 9.59 Å². The van der Waals surface area contributed by atoms with Gasteiger partial charge in [-0.2, -0.15) is 5.10 Å². The molecule has 0 fully saturated rings. The van der Waals surface area contributed by atoms with Crippen molar-refractivity contribution in [1.29, 1.82) is 0 Å². The van der Waals surface area contributed by atoms with Crippen LogP contribution >= 0.6 is 0 Å². The highest BCUT2D eigenvalue weighted by Gasteiger charge is 2.17. The summed E-state index contributed by atoms with van der Waals surface area (Å²) in [5, 5.41) is 12.8. The van der Waals surface area contributed by atoms with E-state index in [2.05, 4.69) is 20.7 Å². The topological polar surface area (TPSA) is 83.2 Å². The number of benzene rings is 4. The number of rotatable bonds is 8. The summed E-state index contributed by atoms with van der Waals surface area (Å²) >= 11 is 0. The van der Waals surface area contributed by atoms with Gasteiger partial charge in [-0.25, -0.2) is 0 Å². The number of hydrogen-bond acceptors (Lipinski definition) is 5. The zero-order chi connectivity index (χ0) is 25.2. The maximum atomic E-state index is 13.2. The van der Waals surface area contributed by atoms with Gasteiger partial charge in [0.15, 0.2) is 0 Å². The molecule has 0 radical (unpaired) electrons. The van der Waals surface area contributed by atoms with Gasteiger partial charge in [-0.3, -0.25) is 15.0 Å². The normalized spacial score (nSPS) is 12.2. The molecule has 0 heterocycles. The fraction of sp³-hybridized carbons (Fsp3) is 0.0333. The van der Waals surface area contributed by atoms with E-state index in [1.807, 2.05) is 72.8 Å². The first kappa shape index (κ1) is 24.2. The standard InChI is InChI=1S/C30H24N4O2/c1-22(31-33-27(23-14-6-2-7-15-23)29(35)25-18-10-4-11-19-25)32-34-28(24-16-8-3-9-17-24)30(36)26-20-12-5-13-21-26/h2-21H,1H3,(H,31,32)/b33-27+,34-28+. The second-order valence-corrected chi connectivity index (χ2v) is 7.83. The maximum Gasteiger partial charge on any atom is 0.213 e. The van der Waals surface area contributed by atoms with Gasteiger partial charge in [0.05, 0.1) is 0 Å². The Hall–Kier alpha value is -4.97. The Kier molecular flexibility index (Phi) is 8.02. The van der Waals surface area contributed by atoms with E-state index >= 15 is 0 Å². The Bertz CT molecular complexity index is 1410. The number of nitrogens with zero attached hydrogens (tertiary/aromatic N) is 3. The number of amidine groups is 1. The lowest BCUT2D eigenvalue weighted by molar-refractivity contribution is 0.105. The molecule has 0 unspecified atom stereocenters. The molecule has 0 atom stereocenters. The van der Waals surface area contributed by atoms with Gasteiger partial charge in [-0.15, -0.1) is 10.2 Å². The van der Waals surface area contributed by atoms with Crippen molar-refractivity contribution < 1.29 is 9.59 Å². The fourth-order valence-corrected chi connectivity index (χ4v) is 3.41. The number of nitrogens with one attached hydrogen (secondary N) is 1. The summed E-state index contributed by atoms with van der Waals surface area (Å²) in [6, 6.07) is 36.2. The number of hydrogen-bond donors (Lipinski definition) is 1. The predicted octanol–water partition coefficient (Wildman–Crippen LogP) is 5.57. The molecule has 4 aromatic carbocycles. The Labute approximate surface area is 209 Å². The van der Waals surface area contributed by atoms with Crippen LogP contribution in [0.4, 0.5) is 0 Å². The summed E-state index contributed by atoms with van der Waals surface area (Å²) in [7, 11) is 0. The van der Waals surface area contributed by atoms with Gasteiger partial charge in [0, 0.05) is 22.3 Å². The van der Waals surface area contributed by atoms with Crippen molar-refractivity contribution in [2.24, 2.45) is 15.3 Å². The Morgan fingerprint density at radius 3 is 1.31 bits per heavy atom. The summed E-state index contributed by atoms with van der Waals surface area (Å²) in [6.45, 7) is 1.66. The van der Waals surface area contributed by atoms with Crippen LogP contribution in [0.15, 0.2) is 137 Å². The summed E-state index contributed by atoms with van der Waals surface area (Å²) in [5.41, 5.74) is 5.61. The molecule has 0 aliphatic rings. The van der Waals surface area contributed by atoms with Crippen LogP contribution in [0.2, 0.25) is 0 Å². The first-order valence-electron chi connectivity index (χ1n) is 11.4. The van der Waals surface area contributed by atoms with Gasteiger partial charge in [0.2, 0.25) is 11.6 Å². The van der Waals surface area contributed by atoms with Gasteiger partial charge < -0.3 is 0 Å². The van der Waals surface area contributed by atoms with Crippen molar-refractivity contribution in [2.75, 3.05) is 0 Å². The van der Waals surface area contributed by atoms with Crippen molar-refractivity contribution in [3.63, 3.8) is 0 Å². The minimum atomic E-state index is -0.244. The highest BCUT2D eigenvalue weighted by Crippen LogP contribution is 2.11. The summed E-state index contributed by atoms with van der Waals surface area (Å²) in [4.78, 5) is 26.3. The maximum absolute atomic E-state index is 13.2. The molecular formula is C30H24N4O2. The molecule has 0 aromatic heterocycles. The molecule has 0 saturated carbocycles.